The largest absolute Gasteiger partial charge is 0.481 e. The molecule has 1 unspecified atom stereocenters. The topological polar surface area (TPSA) is 95.0 Å². The maximum atomic E-state index is 12.4. The Kier molecular flexibility index (Phi) is 5.79. The molecule has 0 aromatic heterocycles. The van der Waals surface area contributed by atoms with E-state index in [4.69, 9.17) is 5.11 Å². The molecule has 0 bridgehead atoms. The van der Waals surface area contributed by atoms with Crippen molar-refractivity contribution in [1.82, 2.24) is 9.80 Å². The summed E-state index contributed by atoms with van der Waals surface area (Å²) in [5.41, 5.74) is 0. The summed E-state index contributed by atoms with van der Waals surface area (Å²) >= 11 is 0. The van der Waals surface area contributed by atoms with Crippen LogP contribution in [0.1, 0.15) is 26.7 Å². The number of hydrogen-bond acceptors (Lipinski definition) is 4. The summed E-state index contributed by atoms with van der Waals surface area (Å²) in [6.07, 6.45) is 0.310. The lowest BCUT2D eigenvalue weighted by Crippen LogP contribution is -2.48. The normalized spacial score (nSPS) is 20.0. The number of hydrogen-bond donors (Lipinski definition) is 1. The fourth-order valence-electron chi connectivity index (χ4n) is 2.31. The molecule has 2 amide bonds. The van der Waals surface area contributed by atoms with Gasteiger partial charge in [0.05, 0.1) is 17.9 Å². The number of carbonyl (C=O) groups excluding carboxylic acids is 1. The van der Waals surface area contributed by atoms with Crippen molar-refractivity contribution in [3.05, 3.63) is 0 Å². The molecule has 1 rings (SSSR count). The van der Waals surface area contributed by atoms with Crippen LogP contribution >= 0.6 is 0 Å². The predicted octanol–water partition coefficient (Wildman–Crippen LogP) is 0.412. The fourth-order valence-corrected chi connectivity index (χ4v) is 3.58. The lowest BCUT2D eigenvalue weighted by Gasteiger charge is -2.32. The maximum absolute atomic E-state index is 12.4. The summed E-state index contributed by atoms with van der Waals surface area (Å²) < 4.78 is 23.1. The van der Waals surface area contributed by atoms with E-state index in [1.165, 1.54) is 9.80 Å². The van der Waals surface area contributed by atoms with Crippen LogP contribution in [0.15, 0.2) is 0 Å². The molecule has 0 aromatic carbocycles. The molecular weight excluding hydrogens is 284 g/mol. The van der Waals surface area contributed by atoms with Crippen molar-refractivity contribution in [2.75, 3.05) is 31.1 Å². The molecule has 0 aliphatic carbocycles. The maximum Gasteiger partial charge on any atom is 0.320 e. The van der Waals surface area contributed by atoms with E-state index in [2.05, 4.69) is 0 Å². The Morgan fingerprint density at radius 1 is 1.30 bits per heavy atom. The molecule has 116 valence electrons. The van der Waals surface area contributed by atoms with Gasteiger partial charge in [-0.3, -0.25) is 4.79 Å². The van der Waals surface area contributed by atoms with Crippen molar-refractivity contribution < 1.29 is 23.1 Å². The molecule has 0 aromatic rings. The Morgan fingerprint density at radius 3 is 2.50 bits per heavy atom. The van der Waals surface area contributed by atoms with Crippen molar-refractivity contribution in [2.45, 2.75) is 32.7 Å². The SMILES string of the molecule is CCN(C(=O)N1CCCS(=O)(=O)CC1)C(C)CC(=O)O. The molecule has 1 N–H and O–H groups in total. The second-order valence-electron chi connectivity index (χ2n) is 5.01. The van der Waals surface area contributed by atoms with Crippen LogP contribution in [0.25, 0.3) is 0 Å². The number of aliphatic carboxylic acids is 1. The Morgan fingerprint density at radius 2 is 1.95 bits per heavy atom. The molecule has 1 fully saturated rings. The Hall–Kier alpha value is -1.31. The summed E-state index contributed by atoms with van der Waals surface area (Å²) in [5, 5.41) is 8.80. The average molecular weight is 306 g/mol. The van der Waals surface area contributed by atoms with Crippen LogP contribution < -0.4 is 0 Å². The summed E-state index contributed by atoms with van der Waals surface area (Å²) in [5.74, 6) is -0.876. The molecule has 0 radical (unpaired) electrons. The monoisotopic (exact) mass is 306 g/mol. The van der Waals surface area contributed by atoms with Gasteiger partial charge in [-0.1, -0.05) is 0 Å². The summed E-state index contributed by atoms with van der Waals surface area (Å²) in [4.78, 5) is 26.1. The zero-order chi connectivity index (χ0) is 15.3. The minimum absolute atomic E-state index is 0.0242. The van der Waals surface area contributed by atoms with Crippen LogP contribution in [0.5, 0.6) is 0 Å². The third kappa shape index (κ3) is 4.66. The van der Waals surface area contributed by atoms with Gasteiger partial charge in [0, 0.05) is 25.7 Å². The Balaban J connectivity index is 2.73. The van der Waals surface area contributed by atoms with Crippen molar-refractivity contribution >= 4 is 21.8 Å². The quantitative estimate of drug-likeness (QED) is 0.812. The van der Waals surface area contributed by atoms with Crippen molar-refractivity contribution in [1.29, 1.82) is 0 Å². The first-order chi connectivity index (χ1) is 9.26. The van der Waals surface area contributed by atoms with Crippen molar-refractivity contribution in [3.8, 4) is 0 Å². The number of sulfone groups is 1. The van der Waals surface area contributed by atoms with Crippen LogP contribution in [0.4, 0.5) is 4.79 Å². The van der Waals surface area contributed by atoms with Gasteiger partial charge in [0.2, 0.25) is 0 Å². The first kappa shape index (κ1) is 16.7. The highest BCUT2D eigenvalue weighted by Gasteiger charge is 2.28. The van der Waals surface area contributed by atoms with E-state index in [9.17, 15) is 18.0 Å². The number of carbonyl (C=O) groups is 2. The van der Waals surface area contributed by atoms with Crippen molar-refractivity contribution in [2.24, 2.45) is 0 Å². The fraction of sp³-hybridized carbons (Fsp3) is 0.833. The van der Waals surface area contributed by atoms with Gasteiger partial charge in [-0.05, 0) is 20.3 Å². The third-order valence-electron chi connectivity index (χ3n) is 3.41. The zero-order valence-electron chi connectivity index (χ0n) is 11.9. The standard InChI is InChI=1S/C12H22N2O5S/c1-3-14(10(2)9-11(15)16)12(17)13-5-4-7-20(18,19)8-6-13/h10H,3-9H2,1-2H3,(H,15,16). The van der Waals surface area contributed by atoms with Gasteiger partial charge in [-0.2, -0.15) is 0 Å². The van der Waals surface area contributed by atoms with Crippen LogP contribution in [0.2, 0.25) is 0 Å². The lowest BCUT2D eigenvalue weighted by atomic mass is 10.2. The van der Waals surface area contributed by atoms with E-state index in [1.807, 2.05) is 0 Å². The molecule has 8 heteroatoms. The molecule has 1 aliphatic heterocycles. The van der Waals surface area contributed by atoms with Gasteiger partial charge >= 0.3 is 12.0 Å². The Bertz CT molecular complexity index is 462. The molecule has 1 heterocycles. The van der Waals surface area contributed by atoms with Crippen LogP contribution in [-0.2, 0) is 14.6 Å². The van der Waals surface area contributed by atoms with Crippen LogP contribution in [0, 0.1) is 0 Å². The molecule has 0 spiro atoms. The highest BCUT2D eigenvalue weighted by molar-refractivity contribution is 7.91. The van der Waals surface area contributed by atoms with Gasteiger partial charge in [0.1, 0.15) is 0 Å². The second-order valence-corrected chi connectivity index (χ2v) is 7.31. The van der Waals surface area contributed by atoms with E-state index in [-0.39, 0.29) is 30.5 Å². The van der Waals surface area contributed by atoms with Gasteiger partial charge in [0.25, 0.3) is 0 Å². The smallest absolute Gasteiger partial charge is 0.320 e. The molecule has 20 heavy (non-hydrogen) atoms. The minimum Gasteiger partial charge on any atom is -0.481 e. The number of urea groups is 1. The molecule has 1 aliphatic rings. The molecule has 1 saturated heterocycles. The number of amides is 2. The highest BCUT2D eigenvalue weighted by Crippen LogP contribution is 2.12. The first-order valence-corrected chi connectivity index (χ1v) is 8.56. The number of carboxylic acids is 1. The number of carboxylic acid groups (broad SMARTS) is 1. The summed E-state index contributed by atoms with van der Waals surface area (Å²) in [6, 6.07) is -0.691. The molecule has 0 saturated carbocycles. The second kappa shape index (κ2) is 6.92. The van der Waals surface area contributed by atoms with Gasteiger partial charge in [0.15, 0.2) is 9.84 Å². The van der Waals surface area contributed by atoms with Crippen LogP contribution in [0.3, 0.4) is 0 Å². The number of nitrogens with zero attached hydrogens (tertiary/aromatic N) is 2. The molecule has 1 atom stereocenters. The molecular formula is C12H22N2O5S. The van der Waals surface area contributed by atoms with Crippen molar-refractivity contribution in [3.63, 3.8) is 0 Å². The Labute approximate surface area is 119 Å². The molecule has 7 nitrogen and oxygen atoms in total. The first-order valence-electron chi connectivity index (χ1n) is 6.74. The summed E-state index contributed by atoms with van der Waals surface area (Å²) in [6.45, 7) is 4.44. The minimum atomic E-state index is -3.06. The van der Waals surface area contributed by atoms with Gasteiger partial charge in [-0.15, -0.1) is 0 Å². The highest BCUT2D eigenvalue weighted by atomic mass is 32.2. The van der Waals surface area contributed by atoms with E-state index in [0.717, 1.165) is 0 Å². The number of rotatable bonds is 4. The van der Waals surface area contributed by atoms with E-state index >= 15 is 0 Å². The summed E-state index contributed by atoms with van der Waals surface area (Å²) in [7, 11) is -3.06. The lowest BCUT2D eigenvalue weighted by molar-refractivity contribution is -0.138. The van der Waals surface area contributed by atoms with Gasteiger partial charge in [-0.25, -0.2) is 13.2 Å². The van der Waals surface area contributed by atoms with E-state index in [0.29, 0.717) is 19.5 Å². The van der Waals surface area contributed by atoms with Gasteiger partial charge < -0.3 is 14.9 Å². The predicted molar refractivity (Wildman–Crippen MR) is 74.3 cm³/mol. The van der Waals surface area contributed by atoms with E-state index in [1.54, 1.807) is 13.8 Å². The third-order valence-corrected chi connectivity index (χ3v) is 5.13. The average Bonchev–Trinajstić information content (AvgIpc) is 2.50. The van der Waals surface area contributed by atoms with Crippen LogP contribution in [-0.4, -0.2) is 72.5 Å². The van der Waals surface area contributed by atoms with E-state index < -0.39 is 21.8 Å². The zero-order valence-corrected chi connectivity index (χ0v) is 12.7.